The van der Waals surface area contributed by atoms with E-state index in [2.05, 4.69) is 28.6 Å². The Morgan fingerprint density at radius 3 is 2.61 bits per heavy atom. The fourth-order valence-electron chi connectivity index (χ4n) is 3.26. The largest absolute Gasteiger partial charge is 0.338 e. The molecule has 3 heterocycles. The molecule has 0 aliphatic carbocycles. The lowest BCUT2D eigenvalue weighted by Gasteiger charge is -2.31. The van der Waals surface area contributed by atoms with Crippen molar-refractivity contribution in [1.29, 1.82) is 0 Å². The first-order chi connectivity index (χ1) is 12.6. The van der Waals surface area contributed by atoms with Crippen molar-refractivity contribution in [3.05, 3.63) is 40.8 Å². The maximum absolute atomic E-state index is 12.8. The van der Waals surface area contributed by atoms with E-state index >= 15 is 0 Å². The predicted molar refractivity (Wildman–Crippen MR) is 124 cm³/mol. The number of hydrogen-bond donors (Lipinski definition) is 2. The van der Waals surface area contributed by atoms with Crippen molar-refractivity contribution in [1.82, 2.24) is 15.2 Å². The van der Waals surface area contributed by atoms with Gasteiger partial charge in [-0.2, -0.15) is 0 Å². The Balaban J connectivity index is 0.00000140. The van der Waals surface area contributed by atoms with Gasteiger partial charge in [0.2, 0.25) is 0 Å². The normalized spacial score (nSPS) is 14.2. The Morgan fingerprint density at radius 1 is 1.21 bits per heavy atom. The van der Waals surface area contributed by atoms with Gasteiger partial charge in [0.1, 0.15) is 4.83 Å². The fourth-order valence-corrected chi connectivity index (χ4v) is 5.37. The number of hydrogen-bond acceptors (Lipinski definition) is 6. The van der Waals surface area contributed by atoms with Crippen LogP contribution < -0.4 is 10.6 Å². The van der Waals surface area contributed by atoms with Crippen molar-refractivity contribution in [2.24, 2.45) is 0 Å². The highest BCUT2D eigenvalue weighted by molar-refractivity contribution is 7.29. The van der Waals surface area contributed by atoms with Gasteiger partial charge in [0.15, 0.2) is 5.13 Å². The highest BCUT2D eigenvalue weighted by Gasteiger charge is 2.24. The lowest BCUT2D eigenvalue weighted by atomic mass is 10.1. The summed E-state index contributed by atoms with van der Waals surface area (Å²) in [5, 5.41) is 7.59. The van der Waals surface area contributed by atoms with Gasteiger partial charge in [-0.05, 0) is 50.6 Å². The van der Waals surface area contributed by atoms with Gasteiger partial charge in [-0.3, -0.25) is 4.79 Å². The maximum Gasteiger partial charge on any atom is 0.264 e. The molecule has 5 nitrogen and oxygen atoms in total. The standard InChI is InChI=1S/C19H22N4OS2.2ClH/c1-12-5-3-4-6-14(12)21-19-22-17-15(26-19)11-16(25-17)18(24)23(2)13-7-9-20-10-8-13;;/h3-6,11,13,20H,7-10H2,1-2H3,(H,21,22);2*1H. The van der Waals surface area contributed by atoms with Crippen molar-refractivity contribution in [2.45, 2.75) is 25.8 Å². The van der Waals surface area contributed by atoms with Crippen LogP contribution in [0.1, 0.15) is 28.1 Å². The molecule has 2 N–H and O–H groups in total. The third kappa shape index (κ3) is 4.78. The van der Waals surface area contributed by atoms with Crippen LogP contribution in [0.15, 0.2) is 30.3 Å². The lowest BCUT2D eigenvalue weighted by Crippen LogP contribution is -2.43. The van der Waals surface area contributed by atoms with Crippen molar-refractivity contribution >= 4 is 73.7 Å². The van der Waals surface area contributed by atoms with Crippen molar-refractivity contribution < 1.29 is 4.79 Å². The van der Waals surface area contributed by atoms with Gasteiger partial charge in [0.05, 0.1) is 9.58 Å². The molecule has 1 aromatic carbocycles. The molecule has 0 saturated carbocycles. The van der Waals surface area contributed by atoms with Crippen LogP contribution in [-0.2, 0) is 0 Å². The molecule has 1 aliphatic heterocycles. The molecule has 4 rings (SSSR count). The van der Waals surface area contributed by atoms with E-state index in [0.717, 1.165) is 51.2 Å². The van der Waals surface area contributed by atoms with Crippen LogP contribution in [0, 0.1) is 6.92 Å². The summed E-state index contributed by atoms with van der Waals surface area (Å²) in [5.74, 6) is 0.112. The Bertz CT molecular complexity index is 906. The number of fused-ring (bicyclic) bond motifs is 1. The summed E-state index contributed by atoms with van der Waals surface area (Å²) >= 11 is 3.08. The van der Waals surface area contributed by atoms with Crippen LogP contribution in [0.25, 0.3) is 9.53 Å². The number of nitrogens with zero attached hydrogens (tertiary/aromatic N) is 2. The third-order valence-corrected chi connectivity index (χ3v) is 6.93. The van der Waals surface area contributed by atoms with Gasteiger partial charge >= 0.3 is 0 Å². The smallest absolute Gasteiger partial charge is 0.264 e. The monoisotopic (exact) mass is 458 g/mol. The number of aromatic nitrogens is 1. The molecule has 0 unspecified atom stereocenters. The van der Waals surface area contributed by atoms with Gasteiger partial charge in [0, 0.05) is 18.8 Å². The molecule has 0 spiro atoms. The molecule has 1 aliphatic rings. The molecule has 2 aromatic heterocycles. The number of nitrogens with one attached hydrogen (secondary N) is 2. The number of anilines is 2. The van der Waals surface area contributed by atoms with E-state index in [0.29, 0.717) is 6.04 Å². The summed E-state index contributed by atoms with van der Waals surface area (Å²) < 4.78 is 1.06. The van der Waals surface area contributed by atoms with Crippen molar-refractivity contribution in [3.63, 3.8) is 0 Å². The second-order valence-corrected chi connectivity index (χ2v) is 8.70. The minimum Gasteiger partial charge on any atom is -0.338 e. The Hall–Kier alpha value is -1.38. The fraction of sp³-hybridized carbons (Fsp3) is 0.368. The van der Waals surface area contributed by atoms with Gasteiger partial charge in [-0.1, -0.05) is 29.5 Å². The molecule has 0 bridgehead atoms. The average molecular weight is 459 g/mol. The predicted octanol–water partition coefficient (Wildman–Crippen LogP) is 5.08. The summed E-state index contributed by atoms with van der Waals surface area (Å²) in [6, 6.07) is 10.5. The Kier molecular flexibility index (Phi) is 8.09. The van der Waals surface area contributed by atoms with Crippen LogP contribution in [0.2, 0.25) is 0 Å². The number of carbonyl (C=O) groups is 1. The van der Waals surface area contributed by atoms with Crippen LogP contribution in [0.4, 0.5) is 10.8 Å². The van der Waals surface area contributed by atoms with Crippen LogP contribution in [0.3, 0.4) is 0 Å². The van der Waals surface area contributed by atoms with E-state index in [9.17, 15) is 4.79 Å². The quantitative estimate of drug-likeness (QED) is 0.572. The number of carbonyl (C=O) groups excluding carboxylic acids is 1. The second kappa shape index (κ2) is 9.89. The number of aryl methyl sites for hydroxylation is 1. The van der Waals surface area contributed by atoms with E-state index in [1.807, 2.05) is 36.2 Å². The maximum atomic E-state index is 12.8. The number of thiophene rings is 1. The van der Waals surface area contributed by atoms with Crippen LogP contribution in [0.5, 0.6) is 0 Å². The van der Waals surface area contributed by atoms with Crippen molar-refractivity contribution in [3.8, 4) is 0 Å². The van der Waals surface area contributed by atoms with Gasteiger partial charge in [-0.15, -0.1) is 36.2 Å². The number of para-hydroxylation sites is 1. The molecule has 152 valence electrons. The molecule has 9 heteroatoms. The minimum absolute atomic E-state index is 0. The summed E-state index contributed by atoms with van der Waals surface area (Å²) in [5.41, 5.74) is 2.25. The molecular formula is C19H24Cl2N4OS2. The van der Waals surface area contributed by atoms with Crippen LogP contribution in [-0.4, -0.2) is 42.0 Å². The molecule has 0 radical (unpaired) electrons. The first-order valence-corrected chi connectivity index (χ1v) is 10.5. The Labute approximate surface area is 185 Å². The zero-order valence-corrected chi connectivity index (χ0v) is 19.0. The summed E-state index contributed by atoms with van der Waals surface area (Å²) in [6.07, 6.45) is 2.04. The van der Waals surface area contributed by atoms with Crippen molar-refractivity contribution in [2.75, 3.05) is 25.5 Å². The lowest BCUT2D eigenvalue weighted by molar-refractivity contribution is 0.0708. The highest BCUT2D eigenvalue weighted by atomic mass is 35.5. The summed E-state index contributed by atoms with van der Waals surface area (Å²) in [6.45, 7) is 4.04. The van der Waals surface area contributed by atoms with Crippen LogP contribution >= 0.6 is 47.5 Å². The summed E-state index contributed by atoms with van der Waals surface area (Å²) in [4.78, 5) is 21.1. The molecule has 28 heavy (non-hydrogen) atoms. The molecule has 1 amide bonds. The zero-order valence-electron chi connectivity index (χ0n) is 15.7. The number of benzene rings is 1. The topological polar surface area (TPSA) is 57.3 Å². The zero-order chi connectivity index (χ0) is 18.1. The number of piperidine rings is 1. The second-order valence-electron chi connectivity index (χ2n) is 6.64. The highest BCUT2D eigenvalue weighted by Crippen LogP contribution is 2.35. The number of halogens is 2. The van der Waals surface area contributed by atoms with Gasteiger partial charge in [0.25, 0.3) is 5.91 Å². The van der Waals surface area contributed by atoms with E-state index in [-0.39, 0.29) is 30.7 Å². The number of thiazole rings is 1. The summed E-state index contributed by atoms with van der Waals surface area (Å²) in [7, 11) is 1.92. The van der Waals surface area contributed by atoms with Gasteiger partial charge < -0.3 is 15.5 Å². The molecule has 0 atom stereocenters. The molecule has 3 aromatic rings. The molecular weight excluding hydrogens is 435 g/mol. The van der Waals surface area contributed by atoms with E-state index in [1.54, 1.807) is 11.3 Å². The first-order valence-electron chi connectivity index (χ1n) is 8.83. The number of amides is 1. The van der Waals surface area contributed by atoms with Gasteiger partial charge in [-0.25, -0.2) is 4.98 Å². The first kappa shape index (κ1) is 22.9. The number of rotatable bonds is 4. The molecule has 1 fully saturated rings. The Morgan fingerprint density at radius 2 is 1.93 bits per heavy atom. The van der Waals surface area contributed by atoms with E-state index < -0.39 is 0 Å². The third-order valence-electron chi connectivity index (χ3n) is 4.86. The average Bonchev–Trinajstić information content (AvgIpc) is 3.22. The van der Waals surface area contributed by atoms with E-state index in [1.165, 1.54) is 16.9 Å². The minimum atomic E-state index is 0. The molecule has 1 saturated heterocycles. The SMILES string of the molecule is Cc1ccccc1Nc1nc2sc(C(=O)N(C)C3CCNCC3)cc2s1.Cl.Cl. The van der Waals surface area contributed by atoms with E-state index in [4.69, 9.17) is 0 Å².